The smallest absolute Gasteiger partial charge is 0.279 e. The Labute approximate surface area is 159 Å². The first-order valence-corrected chi connectivity index (χ1v) is 9.69. The molecule has 0 fully saturated rings. The number of amides is 1. The van der Waals surface area contributed by atoms with Crippen LogP contribution < -0.4 is 0 Å². The lowest BCUT2D eigenvalue weighted by Gasteiger charge is -2.13. The lowest BCUT2D eigenvalue weighted by atomic mass is 10.2. The van der Waals surface area contributed by atoms with Crippen molar-refractivity contribution in [1.29, 1.82) is 0 Å². The number of rotatable bonds is 6. The Morgan fingerprint density at radius 1 is 1.17 bits per heavy atom. The van der Waals surface area contributed by atoms with E-state index in [1.54, 1.807) is 7.80 Å². The van der Waals surface area contributed by atoms with Crippen LogP contribution in [-0.2, 0) is 7.05 Å². The summed E-state index contributed by atoms with van der Waals surface area (Å²) in [6.45, 7) is 0.712. The Bertz CT molecular complexity index is 835. The minimum absolute atomic E-state index is 0.0305. The van der Waals surface area contributed by atoms with Gasteiger partial charge in [0.2, 0.25) is 0 Å². The number of carbonyl (C=O) groups is 1. The zero-order chi connectivity index (χ0) is 16.9. The molecule has 0 spiro atoms. The van der Waals surface area contributed by atoms with Crippen molar-refractivity contribution >= 4 is 51.4 Å². The monoisotopic (exact) mass is 451 g/mol. The van der Waals surface area contributed by atoms with Crippen LogP contribution in [0.2, 0.25) is 0 Å². The molecular weight excluding hydrogens is 433 g/mol. The number of fused-ring (bicyclic) bond motifs is 1. The van der Waals surface area contributed by atoms with Gasteiger partial charge in [-0.2, -0.15) is 5.10 Å². The number of thioether (sulfide) groups is 1. The maximum Gasteiger partial charge on any atom is 0.283 e. The van der Waals surface area contributed by atoms with E-state index in [1.165, 1.54) is 4.90 Å². The maximum atomic E-state index is 12.7. The number of aryl methyl sites for hydroxylation is 1. The molecule has 24 heavy (non-hydrogen) atoms. The van der Waals surface area contributed by atoms with Gasteiger partial charge in [-0.1, -0.05) is 36.4 Å². The average Bonchev–Trinajstić information content (AvgIpc) is 2.96. The van der Waals surface area contributed by atoms with E-state index in [1.807, 2.05) is 61.3 Å². The minimum atomic E-state index is -0.0305. The summed E-state index contributed by atoms with van der Waals surface area (Å²) in [6.07, 6.45) is 0.943. The highest BCUT2D eigenvalue weighted by Gasteiger charge is 2.20. The zero-order valence-electron chi connectivity index (χ0n) is 13.4. The van der Waals surface area contributed by atoms with Gasteiger partial charge in [-0.05, 0) is 30.4 Å². The predicted octanol–water partition coefficient (Wildman–Crippen LogP) is 4.55. The number of halogens is 1. The minimum Gasteiger partial charge on any atom is -0.279 e. The van der Waals surface area contributed by atoms with Crippen LogP contribution in [0.1, 0.15) is 16.9 Å². The standard InChI is InChI=1S/C18H18IN3OS/c1-21-16-11-6-5-10-15(16)17(20-21)18(23)22(19)12-7-13-24-14-8-3-2-4-9-14/h2-6,8-11H,7,12-13H2,1H3. The summed E-state index contributed by atoms with van der Waals surface area (Å²) in [4.78, 5) is 13.9. The molecule has 0 atom stereocenters. The second-order valence-electron chi connectivity index (χ2n) is 5.40. The van der Waals surface area contributed by atoms with Crippen molar-refractivity contribution in [3.63, 3.8) is 0 Å². The molecule has 0 N–H and O–H groups in total. The summed E-state index contributed by atoms with van der Waals surface area (Å²) in [5, 5.41) is 5.31. The van der Waals surface area contributed by atoms with E-state index < -0.39 is 0 Å². The number of carbonyl (C=O) groups excluding carboxylic acids is 1. The fourth-order valence-electron chi connectivity index (χ4n) is 2.50. The molecular formula is C18H18IN3OS. The second-order valence-corrected chi connectivity index (χ2v) is 7.73. The van der Waals surface area contributed by atoms with Crippen molar-refractivity contribution in [1.82, 2.24) is 12.9 Å². The highest BCUT2D eigenvalue weighted by Crippen LogP contribution is 2.22. The van der Waals surface area contributed by atoms with E-state index >= 15 is 0 Å². The van der Waals surface area contributed by atoms with Crippen LogP contribution in [0.3, 0.4) is 0 Å². The molecule has 6 heteroatoms. The van der Waals surface area contributed by atoms with Crippen LogP contribution in [-0.4, -0.2) is 31.1 Å². The molecule has 3 aromatic rings. The molecule has 0 saturated heterocycles. The molecule has 2 aromatic carbocycles. The molecule has 1 heterocycles. The lowest BCUT2D eigenvalue weighted by Crippen LogP contribution is -2.23. The van der Waals surface area contributed by atoms with Crippen LogP contribution >= 0.6 is 34.6 Å². The first-order valence-electron chi connectivity index (χ1n) is 7.74. The molecule has 0 radical (unpaired) electrons. The van der Waals surface area contributed by atoms with E-state index in [2.05, 4.69) is 40.1 Å². The summed E-state index contributed by atoms with van der Waals surface area (Å²) >= 11 is 3.91. The summed E-state index contributed by atoms with van der Waals surface area (Å²) < 4.78 is 3.50. The third-order valence-corrected chi connectivity index (χ3v) is 5.71. The van der Waals surface area contributed by atoms with Gasteiger partial charge >= 0.3 is 0 Å². The second kappa shape index (κ2) is 8.02. The van der Waals surface area contributed by atoms with Crippen molar-refractivity contribution < 1.29 is 4.79 Å². The Kier molecular flexibility index (Phi) is 5.78. The highest BCUT2D eigenvalue weighted by atomic mass is 127. The number of hydrogen-bond donors (Lipinski definition) is 0. The zero-order valence-corrected chi connectivity index (χ0v) is 16.3. The van der Waals surface area contributed by atoms with E-state index in [-0.39, 0.29) is 5.91 Å². The third kappa shape index (κ3) is 3.92. The predicted molar refractivity (Wildman–Crippen MR) is 108 cm³/mol. The molecule has 4 nitrogen and oxygen atoms in total. The maximum absolute atomic E-state index is 12.7. The molecule has 0 bridgehead atoms. The van der Waals surface area contributed by atoms with Gasteiger partial charge in [0, 0.05) is 23.9 Å². The van der Waals surface area contributed by atoms with Gasteiger partial charge in [0.15, 0.2) is 5.69 Å². The van der Waals surface area contributed by atoms with Crippen LogP contribution in [0, 0.1) is 0 Å². The average molecular weight is 451 g/mol. The first-order chi connectivity index (χ1) is 11.7. The number of benzene rings is 2. The van der Waals surface area contributed by atoms with E-state index in [4.69, 9.17) is 0 Å². The summed E-state index contributed by atoms with van der Waals surface area (Å²) in [5.41, 5.74) is 1.50. The number of aromatic nitrogens is 2. The van der Waals surface area contributed by atoms with Gasteiger partial charge in [0.05, 0.1) is 28.4 Å². The van der Waals surface area contributed by atoms with E-state index in [9.17, 15) is 4.79 Å². The SMILES string of the molecule is Cn1nc(C(=O)N(I)CCCSc2ccccc2)c2ccccc21. The van der Waals surface area contributed by atoms with E-state index in [0.717, 1.165) is 23.1 Å². The van der Waals surface area contributed by atoms with Crippen LogP contribution in [0.15, 0.2) is 59.5 Å². The van der Waals surface area contributed by atoms with Crippen molar-refractivity contribution in [2.24, 2.45) is 7.05 Å². The molecule has 1 aromatic heterocycles. The Morgan fingerprint density at radius 3 is 2.67 bits per heavy atom. The topological polar surface area (TPSA) is 38.1 Å². The van der Waals surface area contributed by atoms with Crippen molar-refractivity contribution in [2.45, 2.75) is 11.3 Å². The van der Waals surface area contributed by atoms with Crippen LogP contribution in [0.25, 0.3) is 10.9 Å². The summed E-state index contributed by atoms with van der Waals surface area (Å²) in [5.74, 6) is 0.955. The van der Waals surface area contributed by atoms with Gasteiger partial charge in [-0.25, -0.2) is 0 Å². The number of para-hydroxylation sites is 1. The summed E-state index contributed by atoms with van der Waals surface area (Å²) in [6, 6.07) is 18.2. The molecule has 3 rings (SSSR count). The van der Waals surface area contributed by atoms with Gasteiger partial charge in [0.25, 0.3) is 5.91 Å². The molecule has 0 unspecified atom stereocenters. The normalized spacial score (nSPS) is 10.9. The van der Waals surface area contributed by atoms with Gasteiger partial charge in [-0.3, -0.25) is 12.6 Å². The molecule has 1 amide bonds. The van der Waals surface area contributed by atoms with Gasteiger partial charge < -0.3 is 0 Å². The number of nitrogens with zero attached hydrogens (tertiary/aromatic N) is 3. The van der Waals surface area contributed by atoms with Gasteiger partial charge in [0.1, 0.15) is 0 Å². The Hall–Kier alpha value is -1.54. The number of hydrogen-bond acceptors (Lipinski definition) is 3. The third-order valence-electron chi connectivity index (χ3n) is 3.69. The summed E-state index contributed by atoms with van der Waals surface area (Å²) in [7, 11) is 1.87. The fraction of sp³-hybridized carbons (Fsp3) is 0.222. The van der Waals surface area contributed by atoms with Crippen molar-refractivity contribution in [3.05, 3.63) is 60.3 Å². The van der Waals surface area contributed by atoms with Crippen molar-refractivity contribution in [2.75, 3.05) is 12.3 Å². The molecule has 124 valence electrons. The Balaban J connectivity index is 1.58. The quantitative estimate of drug-likeness (QED) is 0.239. The highest BCUT2D eigenvalue weighted by molar-refractivity contribution is 14.1. The lowest BCUT2D eigenvalue weighted by molar-refractivity contribution is 0.0884. The fourth-order valence-corrected chi connectivity index (χ4v) is 3.93. The Morgan fingerprint density at radius 2 is 1.88 bits per heavy atom. The largest absolute Gasteiger partial charge is 0.283 e. The van der Waals surface area contributed by atoms with Crippen molar-refractivity contribution in [3.8, 4) is 0 Å². The van der Waals surface area contributed by atoms with Crippen LogP contribution in [0.5, 0.6) is 0 Å². The first kappa shape index (κ1) is 17.3. The molecule has 0 aliphatic heterocycles. The molecule has 0 saturated carbocycles. The van der Waals surface area contributed by atoms with Crippen LogP contribution in [0.4, 0.5) is 0 Å². The molecule has 0 aliphatic rings. The molecule has 0 aliphatic carbocycles. The van der Waals surface area contributed by atoms with Gasteiger partial charge in [-0.15, -0.1) is 11.8 Å². The van der Waals surface area contributed by atoms with E-state index in [0.29, 0.717) is 12.2 Å².